The van der Waals surface area contributed by atoms with Crippen molar-refractivity contribution in [1.82, 2.24) is 0 Å². The largest absolute Gasteiger partial charge is 1.00 e. The zero-order chi connectivity index (χ0) is 8.53. The minimum atomic E-state index is -0.338. The Morgan fingerprint density at radius 2 is 1.75 bits per heavy atom. The molecule has 1 aromatic rings. The topological polar surface area (TPSA) is 60.4 Å². The van der Waals surface area contributed by atoms with Crippen molar-refractivity contribution in [3.8, 4) is 0 Å². The first-order valence-corrected chi connectivity index (χ1v) is 3.56. The average Bonchev–Trinajstić information content (AvgIpc) is 2.09. The Morgan fingerprint density at radius 1 is 1.33 bits per heavy atom. The van der Waals surface area contributed by atoms with Crippen molar-refractivity contribution in [3.63, 3.8) is 0 Å². The predicted molar refractivity (Wildman–Crippen MR) is 43.7 cm³/mol. The number of aliphatic hydroxyl groups excluding tert-OH is 1. The number of hydrogen-bond acceptors (Lipinski definition) is 2. The normalized spacial score (nSPS) is 10.2. The predicted octanol–water partition coefficient (Wildman–Crippen LogP) is -3.17. The van der Waals surface area contributed by atoms with E-state index in [2.05, 4.69) is 4.98 Å². The van der Waals surface area contributed by atoms with Gasteiger partial charge in [-0.1, -0.05) is 6.07 Å². The molecule has 1 unspecified atom stereocenters. The van der Waals surface area contributed by atoms with Crippen LogP contribution in [0.15, 0.2) is 30.6 Å². The molecule has 0 spiro atoms. The third kappa shape index (κ3) is 12.1. The molecule has 0 amide bonds. The summed E-state index contributed by atoms with van der Waals surface area (Å²) >= 11 is 0. The van der Waals surface area contributed by atoms with Crippen LogP contribution in [0.3, 0.4) is 0 Å². The van der Waals surface area contributed by atoms with E-state index in [0.29, 0.717) is 6.54 Å². The summed E-state index contributed by atoms with van der Waals surface area (Å²) in [5.41, 5.74) is 4.92. The average molecular weight is 191 g/mol. The molecular weight excluding hydrogens is 176 g/mol. The lowest BCUT2D eigenvalue weighted by molar-refractivity contribution is -0.377. The van der Waals surface area contributed by atoms with Gasteiger partial charge in [0.05, 0.1) is 6.10 Å². The van der Waals surface area contributed by atoms with Crippen LogP contribution >= 0.6 is 0 Å². The van der Waals surface area contributed by atoms with Crippen LogP contribution < -0.4 is 23.1 Å². The fraction of sp³-hybridized carbons (Fsp3) is 0.375. The van der Waals surface area contributed by atoms with Crippen LogP contribution in [-0.4, -0.2) is 17.8 Å². The van der Waals surface area contributed by atoms with E-state index in [0.717, 1.165) is 0 Å². The summed E-state index contributed by atoms with van der Waals surface area (Å²) in [4.78, 5) is 2.89. The Labute approximate surface area is 79.0 Å². The highest BCUT2D eigenvalue weighted by Crippen LogP contribution is 1.68. The summed E-state index contributed by atoms with van der Waals surface area (Å²) in [5.74, 6) is 0. The van der Waals surface area contributed by atoms with E-state index >= 15 is 0 Å². The van der Waals surface area contributed by atoms with Gasteiger partial charge in [0.1, 0.15) is 0 Å². The number of rotatable bonds is 1. The molecule has 0 radical (unpaired) electrons. The molecule has 0 aliphatic carbocycles. The smallest absolute Gasteiger partial charge is 0.166 e. The van der Waals surface area contributed by atoms with Crippen LogP contribution in [0.2, 0.25) is 0 Å². The Hall–Kier alpha value is -0.640. The molecule has 70 valence electrons. The van der Waals surface area contributed by atoms with Gasteiger partial charge in [-0.3, -0.25) is 0 Å². The van der Waals surface area contributed by atoms with Gasteiger partial charge in [-0.25, -0.2) is 4.98 Å². The molecule has 0 bridgehead atoms. The molecule has 0 saturated heterocycles. The number of H-pyrrole nitrogens is 1. The Bertz CT molecular complexity index is 132. The van der Waals surface area contributed by atoms with Crippen LogP contribution in [0.25, 0.3) is 0 Å². The molecule has 0 fully saturated rings. The summed E-state index contributed by atoms with van der Waals surface area (Å²) in [5, 5.41) is 8.24. The molecule has 4 N–H and O–H groups in total. The van der Waals surface area contributed by atoms with Gasteiger partial charge >= 0.3 is 0 Å². The van der Waals surface area contributed by atoms with Gasteiger partial charge in [-0.15, -0.1) is 0 Å². The van der Waals surface area contributed by atoms with Crippen molar-refractivity contribution in [1.29, 1.82) is 0 Å². The molecule has 4 heteroatoms. The van der Waals surface area contributed by atoms with E-state index < -0.39 is 0 Å². The molecule has 1 atom stereocenters. The van der Waals surface area contributed by atoms with Gasteiger partial charge in [-0.05, 0) is 6.92 Å². The van der Waals surface area contributed by atoms with Crippen LogP contribution in [0.5, 0.6) is 0 Å². The van der Waals surface area contributed by atoms with Gasteiger partial charge in [0.15, 0.2) is 12.4 Å². The van der Waals surface area contributed by atoms with Crippen molar-refractivity contribution in [2.24, 2.45) is 5.73 Å². The zero-order valence-corrected chi connectivity index (χ0v) is 7.83. The van der Waals surface area contributed by atoms with Crippen molar-refractivity contribution in [3.05, 3.63) is 30.6 Å². The lowest BCUT2D eigenvalue weighted by Gasteiger charge is -1.91. The minimum Gasteiger partial charge on any atom is -1.00 e. The fourth-order valence-electron chi connectivity index (χ4n) is 0.342. The lowest BCUT2D eigenvalue weighted by atomic mass is 10.4. The third-order valence-corrected chi connectivity index (χ3v) is 0.948. The van der Waals surface area contributed by atoms with Gasteiger partial charge in [0.2, 0.25) is 0 Å². The molecule has 1 rings (SSSR count). The first kappa shape index (κ1) is 13.9. The number of nitrogens with two attached hydrogens (primary N) is 1. The molecule has 1 heterocycles. The Balaban J connectivity index is 0. The zero-order valence-electron chi connectivity index (χ0n) is 7.07. The molecule has 0 aliphatic rings. The molecular formula is C8H15ClN2O. The third-order valence-electron chi connectivity index (χ3n) is 0.948. The number of aromatic amines is 1. The van der Waals surface area contributed by atoms with E-state index in [4.69, 9.17) is 10.8 Å². The summed E-state index contributed by atoms with van der Waals surface area (Å²) in [6.07, 6.45) is 3.41. The van der Waals surface area contributed by atoms with E-state index in [9.17, 15) is 0 Å². The highest BCUT2D eigenvalue weighted by atomic mass is 35.5. The van der Waals surface area contributed by atoms with Crippen LogP contribution in [0.4, 0.5) is 0 Å². The number of halogens is 1. The first-order chi connectivity index (χ1) is 5.27. The molecule has 1 aromatic heterocycles. The highest BCUT2D eigenvalue weighted by Gasteiger charge is 1.81. The minimum absolute atomic E-state index is 0. The monoisotopic (exact) mass is 190 g/mol. The van der Waals surface area contributed by atoms with E-state index in [1.807, 2.05) is 30.6 Å². The van der Waals surface area contributed by atoms with Crippen molar-refractivity contribution < 1.29 is 22.5 Å². The van der Waals surface area contributed by atoms with Crippen LogP contribution in [0, 0.1) is 0 Å². The molecule has 0 aromatic carbocycles. The summed E-state index contributed by atoms with van der Waals surface area (Å²) in [6.45, 7) is 2.01. The molecule has 0 saturated carbocycles. The van der Waals surface area contributed by atoms with Crippen molar-refractivity contribution >= 4 is 0 Å². The molecule has 0 aliphatic heterocycles. The maximum absolute atomic E-state index is 8.24. The van der Waals surface area contributed by atoms with E-state index in [1.165, 1.54) is 0 Å². The lowest BCUT2D eigenvalue weighted by Crippen LogP contribution is -3.00. The number of aliphatic hydroxyl groups is 1. The van der Waals surface area contributed by atoms with Crippen molar-refractivity contribution in [2.75, 3.05) is 6.54 Å². The number of nitrogens with one attached hydrogen (secondary N) is 1. The second kappa shape index (κ2) is 10.4. The van der Waals surface area contributed by atoms with Crippen molar-refractivity contribution in [2.45, 2.75) is 13.0 Å². The van der Waals surface area contributed by atoms with Gasteiger partial charge in [0, 0.05) is 18.7 Å². The summed E-state index contributed by atoms with van der Waals surface area (Å²) in [6, 6.07) is 5.86. The SMILES string of the molecule is CC(O)CN.[Cl-].c1cc[nH+]cc1. The quantitative estimate of drug-likeness (QED) is 0.491. The summed E-state index contributed by atoms with van der Waals surface area (Å²) in [7, 11) is 0. The fourth-order valence-corrected chi connectivity index (χ4v) is 0.342. The maximum atomic E-state index is 8.24. The second-order valence-corrected chi connectivity index (χ2v) is 2.16. The van der Waals surface area contributed by atoms with E-state index in [-0.39, 0.29) is 18.5 Å². The van der Waals surface area contributed by atoms with Crippen LogP contribution in [-0.2, 0) is 0 Å². The van der Waals surface area contributed by atoms with E-state index in [1.54, 1.807) is 6.92 Å². The standard InChI is InChI=1S/C5H5N.C3H9NO.ClH/c1-2-4-6-5-3-1;1-3(5)2-4;/h1-5H;3,5H,2,4H2,1H3;1H. The first-order valence-electron chi connectivity index (χ1n) is 3.56. The van der Waals surface area contributed by atoms with Gasteiger partial charge in [0.25, 0.3) is 0 Å². The van der Waals surface area contributed by atoms with Gasteiger partial charge in [-0.2, -0.15) is 0 Å². The highest BCUT2D eigenvalue weighted by molar-refractivity contribution is 4.82. The number of aromatic nitrogens is 1. The molecule has 12 heavy (non-hydrogen) atoms. The van der Waals surface area contributed by atoms with Gasteiger partial charge < -0.3 is 23.2 Å². The molecule has 3 nitrogen and oxygen atoms in total. The number of pyridine rings is 1. The summed E-state index contributed by atoms with van der Waals surface area (Å²) < 4.78 is 0. The second-order valence-electron chi connectivity index (χ2n) is 2.16. The van der Waals surface area contributed by atoms with Crippen LogP contribution in [0.1, 0.15) is 6.92 Å². The maximum Gasteiger partial charge on any atom is 0.166 e. The number of hydrogen-bond donors (Lipinski definition) is 2. The Kier molecular flexibility index (Phi) is 12.0. The Morgan fingerprint density at radius 3 is 1.83 bits per heavy atom.